The van der Waals surface area contributed by atoms with Gasteiger partial charge in [-0.2, -0.15) is 5.10 Å². The Balaban J connectivity index is 1.97. The highest BCUT2D eigenvalue weighted by Gasteiger charge is 2.08. The summed E-state index contributed by atoms with van der Waals surface area (Å²) in [6.45, 7) is 3.20. The van der Waals surface area contributed by atoms with Crippen molar-refractivity contribution in [3.05, 3.63) is 42.0 Å². The van der Waals surface area contributed by atoms with Crippen LogP contribution < -0.4 is 5.32 Å². The molecule has 98 valence electrons. The van der Waals surface area contributed by atoms with E-state index >= 15 is 0 Å². The van der Waals surface area contributed by atoms with E-state index in [9.17, 15) is 0 Å². The molecule has 0 saturated heterocycles. The molecule has 0 aliphatic heterocycles. The van der Waals surface area contributed by atoms with Crippen molar-refractivity contribution in [2.75, 3.05) is 7.05 Å². The van der Waals surface area contributed by atoms with Crippen molar-refractivity contribution in [1.29, 1.82) is 0 Å². The molecule has 1 unspecified atom stereocenters. The summed E-state index contributed by atoms with van der Waals surface area (Å²) in [6.07, 6.45) is 8.38. The number of aryl methyl sites for hydroxylation is 3. The molecule has 0 aliphatic carbocycles. The molecule has 2 heterocycles. The highest BCUT2D eigenvalue weighted by molar-refractivity contribution is 5.15. The molecule has 1 atom stereocenters. The molecular weight excluding hydrogens is 224 g/mol. The van der Waals surface area contributed by atoms with Gasteiger partial charge >= 0.3 is 0 Å². The van der Waals surface area contributed by atoms with Crippen molar-refractivity contribution in [2.45, 2.75) is 32.4 Å². The summed E-state index contributed by atoms with van der Waals surface area (Å²) >= 11 is 0. The predicted octanol–water partition coefficient (Wildman–Crippen LogP) is 2.13. The van der Waals surface area contributed by atoms with E-state index in [-0.39, 0.29) is 0 Å². The van der Waals surface area contributed by atoms with Crippen LogP contribution in [0.4, 0.5) is 0 Å². The fourth-order valence-corrected chi connectivity index (χ4v) is 2.30. The van der Waals surface area contributed by atoms with Crippen LogP contribution in [0.25, 0.3) is 0 Å². The van der Waals surface area contributed by atoms with Gasteiger partial charge in [0.15, 0.2) is 0 Å². The number of hydrogen-bond donors (Lipinski definition) is 1. The van der Waals surface area contributed by atoms with E-state index in [4.69, 9.17) is 0 Å². The first kappa shape index (κ1) is 12.9. The molecule has 0 saturated carbocycles. The molecule has 18 heavy (non-hydrogen) atoms. The fraction of sp³-hybridized carbons (Fsp3) is 0.500. The average molecular weight is 246 g/mol. The van der Waals surface area contributed by atoms with Gasteiger partial charge in [0.05, 0.1) is 0 Å². The summed E-state index contributed by atoms with van der Waals surface area (Å²) in [5.41, 5.74) is 2.64. The number of nitrogens with zero attached hydrogens (tertiary/aromatic N) is 3. The maximum atomic E-state index is 4.19. The van der Waals surface area contributed by atoms with Gasteiger partial charge in [-0.15, -0.1) is 0 Å². The molecule has 4 heteroatoms. The van der Waals surface area contributed by atoms with Crippen molar-refractivity contribution in [1.82, 2.24) is 19.7 Å². The molecule has 0 spiro atoms. The van der Waals surface area contributed by atoms with E-state index in [1.165, 1.54) is 11.3 Å². The van der Waals surface area contributed by atoms with Gasteiger partial charge in [-0.1, -0.05) is 6.92 Å². The minimum atomic E-state index is 0.461. The third-order valence-corrected chi connectivity index (χ3v) is 3.48. The lowest BCUT2D eigenvalue weighted by Crippen LogP contribution is -2.14. The maximum absolute atomic E-state index is 4.19. The zero-order chi connectivity index (χ0) is 13.0. The first-order valence-electron chi connectivity index (χ1n) is 6.54. The second-order valence-corrected chi connectivity index (χ2v) is 4.63. The zero-order valence-corrected chi connectivity index (χ0v) is 11.4. The standard InChI is InChI=1S/C14H22N4/c1-4-14(15-2)12-6-9-18(11-12)10-7-13-5-8-16-17(13)3/h5-6,8-9,11,14-15H,4,7,10H2,1-3H3. The Morgan fingerprint density at radius 3 is 2.83 bits per heavy atom. The van der Waals surface area contributed by atoms with Crippen molar-refractivity contribution in [2.24, 2.45) is 7.05 Å². The first-order valence-corrected chi connectivity index (χ1v) is 6.54. The van der Waals surface area contributed by atoms with Crippen molar-refractivity contribution in [3.8, 4) is 0 Å². The summed E-state index contributed by atoms with van der Waals surface area (Å²) in [7, 11) is 4.01. The van der Waals surface area contributed by atoms with Gasteiger partial charge < -0.3 is 9.88 Å². The second-order valence-electron chi connectivity index (χ2n) is 4.63. The topological polar surface area (TPSA) is 34.8 Å². The minimum Gasteiger partial charge on any atom is -0.354 e. The Bertz CT molecular complexity index is 479. The van der Waals surface area contributed by atoms with E-state index in [0.29, 0.717) is 6.04 Å². The predicted molar refractivity (Wildman–Crippen MR) is 73.4 cm³/mol. The first-order chi connectivity index (χ1) is 8.74. The lowest BCUT2D eigenvalue weighted by atomic mass is 10.1. The number of aromatic nitrogens is 3. The third-order valence-electron chi connectivity index (χ3n) is 3.48. The summed E-state index contributed by atoms with van der Waals surface area (Å²) < 4.78 is 4.19. The van der Waals surface area contributed by atoms with E-state index in [1.807, 2.05) is 25.0 Å². The molecule has 2 aromatic heterocycles. The number of nitrogens with one attached hydrogen (secondary N) is 1. The van der Waals surface area contributed by atoms with Crippen LogP contribution in [-0.4, -0.2) is 21.4 Å². The van der Waals surface area contributed by atoms with Gasteiger partial charge in [-0.25, -0.2) is 0 Å². The molecule has 2 aromatic rings. The van der Waals surface area contributed by atoms with Gasteiger partial charge in [-0.3, -0.25) is 4.68 Å². The number of hydrogen-bond acceptors (Lipinski definition) is 2. The fourth-order valence-electron chi connectivity index (χ4n) is 2.30. The van der Waals surface area contributed by atoms with Crippen LogP contribution in [-0.2, 0) is 20.0 Å². The van der Waals surface area contributed by atoms with Gasteiger partial charge in [0.2, 0.25) is 0 Å². The lowest BCUT2D eigenvalue weighted by Gasteiger charge is -2.11. The summed E-state index contributed by atoms with van der Waals surface area (Å²) in [5.74, 6) is 0. The van der Waals surface area contributed by atoms with Gasteiger partial charge in [0.1, 0.15) is 0 Å². The highest BCUT2D eigenvalue weighted by Crippen LogP contribution is 2.16. The quantitative estimate of drug-likeness (QED) is 0.847. The molecule has 4 nitrogen and oxygen atoms in total. The molecule has 0 aliphatic rings. The molecule has 0 radical (unpaired) electrons. The van der Waals surface area contributed by atoms with Gasteiger partial charge in [0, 0.05) is 50.3 Å². The molecule has 0 fully saturated rings. The Morgan fingerprint density at radius 2 is 2.22 bits per heavy atom. The smallest absolute Gasteiger partial charge is 0.0492 e. The molecular formula is C14H22N4. The van der Waals surface area contributed by atoms with E-state index in [2.05, 4.69) is 46.4 Å². The normalized spacial score (nSPS) is 12.8. The SMILES string of the molecule is CCC(NC)c1ccn(CCc2ccnn2C)c1. The summed E-state index contributed by atoms with van der Waals surface area (Å²) in [4.78, 5) is 0. The summed E-state index contributed by atoms with van der Waals surface area (Å²) in [6, 6.07) is 4.74. The van der Waals surface area contributed by atoms with Crippen LogP contribution in [0, 0.1) is 0 Å². The highest BCUT2D eigenvalue weighted by atomic mass is 15.3. The minimum absolute atomic E-state index is 0.461. The van der Waals surface area contributed by atoms with Crippen LogP contribution in [0.15, 0.2) is 30.7 Å². The maximum Gasteiger partial charge on any atom is 0.0492 e. The largest absolute Gasteiger partial charge is 0.354 e. The Morgan fingerprint density at radius 1 is 1.39 bits per heavy atom. The molecule has 0 amide bonds. The zero-order valence-electron chi connectivity index (χ0n) is 11.4. The average Bonchev–Trinajstić information content (AvgIpc) is 2.98. The van der Waals surface area contributed by atoms with Gasteiger partial charge in [0.25, 0.3) is 0 Å². The van der Waals surface area contributed by atoms with Crippen LogP contribution >= 0.6 is 0 Å². The van der Waals surface area contributed by atoms with Crippen LogP contribution in [0.2, 0.25) is 0 Å². The Labute approximate surface area is 109 Å². The van der Waals surface area contributed by atoms with E-state index in [0.717, 1.165) is 19.4 Å². The molecule has 2 rings (SSSR count). The molecule has 0 bridgehead atoms. The van der Waals surface area contributed by atoms with Crippen LogP contribution in [0.5, 0.6) is 0 Å². The van der Waals surface area contributed by atoms with Crippen molar-refractivity contribution < 1.29 is 0 Å². The van der Waals surface area contributed by atoms with Crippen molar-refractivity contribution in [3.63, 3.8) is 0 Å². The lowest BCUT2D eigenvalue weighted by molar-refractivity contribution is 0.573. The molecule has 1 N–H and O–H groups in total. The Hall–Kier alpha value is -1.55. The van der Waals surface area contributed by atoms with Crippen LogP contribution in [0.3, 0.4) is 0 Å². The second kappa shape index (κ2) is 5.87. The van der Waals surface area contributed by atoms with Crippen LogP contribution in [0.1, 0.15) is 30.6 Å². The van der Waals surface area contributed by atoms with Gasteiger partial charge in [-0.05, 0) is 31.2 Å². The van der Waals surface area contributed by atoms with Crippen molar-refractivity contribution >= 4 is 0 Å². The van der Waals surface area contributed by atoms with E-state index < -0.39 is 0 Å². The molecule has 0 aromatic carbocycles. The number of rotatable bonds is 6. The summed E-state index contributed by atoms with van der Waals surface area (Å²) in [5, 5.41) is 7.52. The third kappa shape index (κ3) is 2.82. The Kier molecular flexibility index (Phi) is 4.20. The van der Waals surface area contributed by atoms with E-state index in [1.54, 1.807) is 0 Å². The monoisotopic (exact) mass is 246 g/mol.